The molecule has 0 bridgehead atoms. The Morgan fingerprint density at radius 2 is 1.67 bits per heavy atom. The maximum Gasteiger partial charge on any atom is 0.431 e. The molecule has 0 aliphatic rings. The average Bonchev–Trinajstić information content (AvgIpc) is 2.47. The van der Waals surface area contributed by atoms with Gasteiger partial charge in [0, 0.05) is 6.42 Å². The molecule has 1 atom stereocenters. The Labute approximate surface area is 165 Å². The zero-order chi connectivity index (χ0) is 21.5. The predicted octanol–water partition coefficient (Wildman–Crippen LogP) is 3.78. The Balaban J connectivity index is 6.11. The van der Waals surface area contributed by atoms with Crippen LogP contribution in [0, 0.1) is 11.3 Å². The minimum Gasteiger partial charge on any atom is -0.443 e. The number of hydrazine groups is 1. The van der Waals surface area contributed by atoms with Crippen LogP contribution in [-0.4, -0.2) is 44.8 Å². The number of thioether (sulfide) groups is 1. The van der Waals surface area contributed by atoms with E-state index in [4.69, 9.17) is 9.47 Å². The summed E-state index contributed by atoms with van der Waals surface area (Å²) in [6.45, 7) is 15.1. The number of carbonyl (C=O) groups is 3. The van der Waals surface area contributed by atoms with Crippen molar-refractivity contribution in [2.75, 3.05) is 5.75 Å². The summed E-state index contributed by atoms with van der Waals surface area (Å²) in [5.41, 5.74) is -1.58. The van der Waals surface area contributed by atoms with Crippen LogP contribution in [0.2, 0.25) is 0 Å². The highest BCUT2D eigenvalue weighted by molar-refractivity contribution is 8.13. The summed E-state index contributed by atoms with van der Waals surface area (Å²) in [4.78, 5) is 37.7. The molecule has 0 aliphatic carbocycles. The van der Waals surface area contributed by atoms with Crippen LogP contribution in [0.15, 0.2) is 12.7 Å². The molecular formula is C18H29N3O5S. The highest BCUT2D eigenvalue weighted by Gasteiger charge is 2.49. The van der Waals surface area contributed by atoms with Crippen LogP contribution in [0.1, 0.15) is 54.9 Å². The minimum atomic E-state index is -2.03. The molecule has 0 spiro atoms. The highest BCUT2D eigenvalue weighted by Crippen LogP contribution is 2.28. The summed E-state index contributed by atoms with van der Waals surface area (Å²) in [5, 5.41) is 9.77. The zero-order valence-electron chi connectivity index (χ0n) is 17.0. The molecule has 9 heteroatoms. The van der Waals surface area contributed by atoms with E-state index in [2.05, 4.69) is 12.0 Å². The third kappa shape index (κ3) is 7.91. The lowest BCUT2D eigenvalue weighted by molar-refractivity contribution is -0.120. The van der Waals surface area contributed by atoms with Crippen molar-refractivity contribution in [2.24, 2.45) is 0 Å². The first-order valence-corrected chi connectivity index (χ1v) is 9.43. The molecule has 27 heavy (non-hydrogen) atoms. The van der Waals surface area contributed by atoms with Gasteiger partial charge < -0.3 is 9.47 Å². The van der Waals surface area contributed by atoms with Gasteiger partial charge in [0.1, 0.15) is 17.3 Å². The quantitative estimate of drug-likeness (QED) is 0.553. The lowest BCUT2D eigenvalue weighted by atomic mass is 9.98. The number of ether oxygens (including phenoxy) is 2. The van der Waals surface area contributed by atoms with Crippen molar-refractivity contribution in [2.45, 2.75) is 71.6 Å². The lowest BCUT2D eigenvalue weighted by Gasteiger charge is -2.37. The minimum absolute atomic E-state index is 0.204. The van der Waals surface area contributed by atoms with Crippen molar-refractivity contribution in [3.63, 3.8) is 0 Å². The number of hydrogen-bond donors (Lipinski definition) is 1. The SMILES string of the molecule is C=CC[C@@](C#N)(C(=O)SCC)N(NC(=O)OC(C)(C)C)C(=O)OC(C)(C)C. The van der Waals surface area contributed by atoms with Crippen LogP contribution in [0.5, 0.6) is 0 Å². The Hall–Kier alpha value is -2.21. The van der Waals surface area contributed by atoms with Crippen LogP contribution in [0.25, 0.3) is 0 Å². The molecular weight excluding hydrogens is 370 g/mol. The fourth-order valence-electron chi connectivity index (χ4n) is 1.86. The third-order valence-electron chi connectivity index (χ3n) is 2.80. The Morgan fingerprint density at radius 1 is 1.15 bits per heavy atom. The van der Waals surface area contributed by atoms with E-state index in [1.807, 2.05) is 6.07 Å². The normalized spacial score (nSPS) is 13.6. The molecule has 0 saturated carbocycles. The molecule has 0 heterocycles. The lowest BCUT2D eigenvalue weighted by Crippen LogP contribution is -2.63. The summed E-state index contributed by atoms with van der Waals surface area (Å²) in [6, 6.07) is 1.85. The molecule has 0 aromatic rings. The number of rotatable bonds is 5. The first kappa shape index (κ1) is 24.8. The fraction of sp³-hybridized carbons (Fsp3) is 0.667. The van der Waals surface area contributed by atoms with Crippen LogP contribution >= 0.6 is 11.8 Å². The Bertz CT molecular complexity index is 616. The van der Waals surface area contributed by atoms with Gasteiger partial charge in [0.25, 0.3) is 0 Å². The molecule has 2 amide bonds. The Morgan fingerprint density at radius 3 is 2.04 bits per heavy atom. The number of hydrogen-bond acceptors (Lipinski definition) is 7. The largest absolute Gasteiger partial charge is 0.443 e. The van der Waals surface area contributed by atoms with Crippen molar-refractivity contribution in [3.8, 4) is 6.07 Å². The van der Waals surface area contributed by atoms with Crippen LogP contribution in [-0.2, 0) is 14.3 Å². The smallest absolute Gasteiger partial charge is 0.431 e. The number of nitriles is 1. The van der Waals surface area contributed by atoms with Crippen LogP contribution < -0.4 is 5.43 Å². The summed E-state index contributed by atoms with van der Waals surface area (Å²) in [6.07, 6.45) is -0.927. The van der Waals surface area contributed by atoms with Gasteiger partial charge in [0.2, 0.25) is 10.7 Å². The molecule has 0 saturated heterocycles. The molecule has 0 unspecified atom stereocenters. The van der Waals surface area contributed by atoms with E-state index >= 15 is 0 Å². The first-order valence-electron chi connectivity index (χ1n) is 8.44. The number of nitrogens with one attached hydrogen (secondary N) is 1. The van der Waals surface area contributed by atoms with Crippen LogP contribution in [0.3, 0.4) is 0 Å². The van der Waals surface area contributed by atoms with E-state index in [1.54, 1.807) is 48.5 Å². The van der Waals surface area contributed by atoms with Gasteiger partial charge >= 0.3 is 12.2 Å². The molecule has 1 N–H and O–H groups in total. The van der Waals surface area contributed by atoms with E-state index in [0.29, 0.717) is 10.8 Å². The Kier molecular flexibility index (Phi) is 8.86. The van der Waals surface area contributed by atoms with E-state index in [0.717, 1.165) is 11.8 Å². The van der Waals surface area contributed by atoms with Gasteiger partial charge in [-0.15, -0.1) is 6.58 Å². The van der Waals surface area contributed by atoms with Gasteiger partial charge in [0.05, 0.1) is 0 Å². The maximum absolute atomic E-state index is 12.7. The molecule has 0 rings (SSSR count). The van der Waals surface area contributed by atoms with Crippen molar-refractivity contribution in [1.29, 1.82) is 5.26 Å². The first-order chi connectivity index (χ1) is 12.2. The molecule has 8 nitrogen and oxygen atoms in total. The third-order valence-corrected chi connectivity index (χ3v) is 3.69. The second-order valence-electron chi connectivity index (χ2n) is 7.61. The molecule has 0 fully saturated rings. The summed E-state index contributed by atoms with van der Waals surface area (Å²) in [7, 11) is 0. The number of amides is 2. The summed E-state index contributed by atoms with van der Waals surface area (Å²) < 4.78 is 10.4. The van der Waals surface area contributed by atoms with Crippen LogP contribution in [0.4, 0.5) is 9.59 Å². The van der Waals surface area contributed by atoms with E-state index in [-0.39, 0.29) is 6.42 Å². The van der Waals surface area contributed by atoms with Gasteiger partial charge in [-0.1, -0.05) is 24.8 Å². The van der Waals surface area contributed by atoms with Gasteiger partial charge in [-0.25, -0.2) is 15.0 Å². The second-order valence-corrected chi connectivity index (χ2v) is 8.85. The maximum atomic E-state index is 12.7. The molecule has 0 aliphatic heterocycles. The average molecular weight is 400 g/mol. The summed E-state index contributed by atoms with van der Waals surface area (Å²) in [5.74, 6) is 0.383. The zero-order valence-corrected chi connectivity index (χ0v) is 17.9. The van der Waals surface area contributed by atoms with Gasteiger partial charge in [-0.05, 0) is 47.3 Å². The fourth-order valence-corrected chi connectivity index (χ4v) is 2.58. The number of nitrogens with zero attached hydrogens (tertiary/aromatic N) is 2. The van der Waals surface area contributed by atoms with Gasteiger partial charge in [0.15, 0.2) is 0 Å². The van der Waals surface area contributed by atoms with Crippen molar-refractivity contribution >= 4 is 29.1 Å². The monoisotopic (exact) mass is 399 g/mol. The molecule has 152 valence electrons. The second kappa shape index (κ2) is 9.65. The standard InChI is InChI=1S/C18H29N3O5S/c1-9-11-18(12-19,13(22)27-10-2)21(15(24)26-17(6,7)8)20-14(23)25-16(3,4)5/h9H,1,10-11H2,2-8H3,(H,20,23)/t18-/m1/s1. The molecule has 0 aromatic heterocycles. The number of carbonyl (C=O) groups excluding carboxylic acids is 3. The topological polar surface area (TPSA) is 109 Å². The van der Waals surface area contributed by atoms with Crippen molar-refractivity contribution in [3.05, 3.63) is 12.7 Å². The molecule has 0 aromatic carbocycles. The van der Waals surface area contributed by atoms with E-state index in [1.165, 1.54) is 6.08 Å². The van der Waals surface area contributed by atoms with E-state index < -0.39 is 34.0 Å². The highest BCUT2D eigenvalue weighted by atomic mass is 32.2. The predicted molar refractivity (Wildman–Crippen MR) is 104 cm³/mol. The molecule has 0 radical (unpaired) electrons. The van der Waals surface area contributed by atoms with Crippen molar-refractivity contribution in [1.82, 2.24) is 10.4 Å². The van der Waals surface area contributed by atoms with Gasteiger partial charge in [-0.2, -0.15) is 10.3 Å². The summed E-state index contributed by atoms with van der Waals surface area (Å²) >= 11 is 0.856. The van der Waals surface area contributed by atoms with E-state index in [9.17, 15) is 19.6 Å². The van der Waals surface area contributed by atoms with Gasteiger partial charge in [-0.3, -0.25) is 4.79 Å². The van der Waals surface area contributed by atoms with Crippen molar-refractivity contribution < 1.29 is 23.9 Å².